The van der Waals surface area contributed by atoms with Crippen LogP contribution in [0.2, 0.25) is 0 Å². The van der Waals surface area contributed by atoms with Crippen LogP contribution < -0.4 is 5.56 Å². The molecular formula is C23H17FN4O. The molecule has 0 spiro atoms. The van der Waals surface area contributed by atoms with E-state index in [4.69, 9.17) is 0 Å². The Labute approximate surface area is 166 Å². The van der Waals surface area contributed by atoms with E-state index < -0.39 is 0 Å². The van der Waals surface area contributed by atoms with E-state index in [1.54, 1.807) is 30.6 Å². The van der Waals surface area contributed by atoms with Crippen LogP contribution in [0.1, 0.15) is 11.1 Å². The van der Waals surface area contributed by atoms with Crippen LogP contribution in [0.25, 0.3) is 28.2 Å². The molecule has 2 heterocycles. The zero-order chi connectivity index (χ0) is 20.4. The Morgan fingerprint density at radius 2 is 1.90 bits per heavy atom. The lowest BCUT2D eigenvalue weighted by atomic mass is 10.00. The van der Waals surface area contributed by atoms with E-state index in [1.165, 1.54) is 16.8 Å². The number of aromatic nitrogens is 3. The third-order valence-corrected chi connectivity index (χ3v) is 4.78. The van der Waals surface area contributed by atoms with Crippen molar-refractivity contribution >= 4 is 29.5 Å². The van der Waals surface area contributed by atoms with E-state index in [0.29, 0.717) is 16.6 Å². The Morgan fingerprint density at radius 1 is 1.10 bits per heavy atom. The number of benzene rings is 2. The fourth-order valence-corrected chi connectivity index (χ4v) is 3.25. The summed E-state index contributed by atoms with van der Waals surface area (Å²) in [6.07, 6.45) is 6.07. The number of hydrogen-bond acceptors (Lipinski definition) is 4. The zero-order valence-corrected chi connectivity index (χ0v) is 15.5. The van der Waals surface area contributed by atoms with Crippen LogP contribution in [0.4, 0.5) is 10.1 Å². The smallest absolute Gasteiger partial charge is 0.269 e. The highest BCUT2D eigenvalue weighted by Gasteiger charge is 2.10. The summed E-state index contributed by atoms with van der Waals surface area (Å²) < 4.78 is 16.4. The molecule has 0 aliphatic rings. The van der Waals surface area contributed by atoms with E-state index in [2.05, 4.69) is 28.3 Å². The van der Waals surface area contributed by atoms with Crippen molar-refractivity contribution in [2.45, 2.75) is 6.54 Å². The van der Waals surface area contributed by atoms with Gasteiger partial charge in [0.25, 0.3) is 5.56 Å². The van der Waals surface area contributed by atoms with Crippen molar-refractivity contribution in [2.24, 2.45) is 4.99 Å². The van der Waals surface area contributed by atoms with Gasteiger partial charge in [0, 0.05) is 17.3 Å². The molecular weight excluding hydrogens is 367 g/mol. The number of aliphatic imine (C=N–C) groups is 1. The molecule has 4 rings (SSSR count). The quantitative estimate of drug-likeness (QED) is 0.472. The molecule has 0 bridgehead atoms. The fourth-order valence-electron chi connectivity index (χ4n) is 3.25. The second-order valence-electron chi connectivity index (χ2n) is 6.49. The van der Waals surface area contributed by atoms with Gasteiger partial charge in [-0.1, -0.05) is 30.9 Å². The van der Waals surface area contributed by atoms with E-state index in [1.807, 2.05) is 24.3 Å². The largest absolute Gasteiger partial charge is 0.301 e. The standard InChI is InChI=1S/C23H17FN4O/c1-3-15-10-16(6-7-20(15)25-2)17-4-5-18(19(24)11-17)14-28-22-8-9-26-12-21(22)27-13-23(28)29/h3-13H,1-2,14H2. The minimum Gasteiger partial charge on any atom is -0.301 e. The van der Waals surface area contributed by atoms with Gasteiger partial charge in [0.2, 0.25) is 0 Å². The Kier molecular flexibility index (Phi) is 4.83. The Hall–Kier alpha value is -3.93. The van der Waals surface area contributed by atoms with Gasteiger partial charge in [-0.05, 0) is 42.1 Å². The number of halogens is 1. The first kappa shape index (κ1) is 18.4. The summed E-state index contributed by atoms with van der Waals surface area (Å²) in [7, 11) is 0. The zero-order valence-electron chi connectivity index (χ0n) is 15.5. The molecule has 0 saturated carbocycles. The summed E-state index contributed by atoms with van der Waals surface area (Å²) >= 11 is 0. The molecule has 2 aromatic carbocycles. The molecule has 142 valence electrons. The average molecular weight is 384 g/mol. The van der Waals surface area contributed by atoms with E-state index in [0.717, 1.165) is 22.4 Å². The monoisotopic (exact) mass is 384 g/mol. The van der Waals surface area contributed by atoms with E-state index in [9.17, 15) is 9.18 Å². The first-order chi connectivity index (χ1) is 14.1. The summed E-state index contributed by atoms with van der Waals surface area (Å²) in [6, 6.07) is 12.3. The summed E-state index contributed by atoms with van der Waals surface area (Å²) in [5, 5.41) is 0. The van der Waals surface area contributed by atoms with Crippen molar-refractivity contribution in [2.75, 3.05) is 0 Å². The summed E-state index contributed by atoms with van der Waals surface area (Å²) in [4.78, 5) is 24.3. The molecule has 5 nitrogen and oxygen atoms in total. The molecule has 4 aromatic rings. The lowest BCUT2D eigenvalue weighted by molar-refractivity contribution is 0.599. The number of hydrogen-bond donors (Lipinski definition) is 0. The maximum atomic E-state index is 14.9. The van der Waals surface area contributed by atoms with Gasteiger partial charge in [-0.3, -0.25) is 14.8 Å². The maximum Gasteiger partial charge on any atom is 0.269 e. The van der Waals surface area contributed by atoms with Crippen molar-refractivity contribution in [3.63, 3.8) is 0 Å². The number of rotatable bonds is 5. The van der Waals surface area contributed by atoms with Gasteiger partial charge < -0.3 is 4.57 Å². The van der Waals surface area contributed by atoms with Crippen LogP contribution in [0.15, 0.2) is 77.4 Å². The highest BCUT2D eigenvalue weighted by Crippen LogP contribution is 2.28. The lowest BCUT2D eigenvalue weighted by Gasteiger charge is -2.12. The molecule has 0 saturated heterocycles. The van der Waals surface area contributed by atoms with Crippen molar-refractivity contribution < 1.29 is 4.39 Å². The molecule has 0 radical (unpaired) electrons. The average Bonchev–Trinajstić information content (AvgIpc) is 2.76. The summed E-state index contributed by atoms with van der Waals surface area (Å²) in [5.74, 6) is -0.389. The first-order valence-corrected chi connectivity index (χ1v) is 8.92. The van der Waals surface area contributed by atoms with Crippen LogP contribution in [-0.4, -0.2) is 21.3 Å². The van der Waals surface area contributed by atoms with Crippen LogP contribution in [0.5, 0.6) is 0 Å². The molecule has 0 amide bonds. The SMILES string of the molecule is C=Cc1cc(-c2ccc(Cn3c(=O)cnc4cnccc43)c(F)c2)ccc1N=C. The minimum absolute atomic E-state index is 0.102. The van der Waals surface area contributed by atoms with Crippen LogP contribution in [-0.2, 0) is 6.54 Å². The third-order valence-electron chi connectivity index (χ3n) is 4.78. The fraction of sp³-hybridized carbons (Fsp3) is 0.0435. The van der Waals surface area contributed by atoms with Gasteiger partial charge in [0.1, 0.15) is 11.3 Å². The van der Waals surface area contributed by atoms with Crippen molar-refractivity contribution in [1.29, 1.82) is 0 Å². The van der Waals surface area contributed by atoms with Crippen LogP contribution >= 0.6 is 0 Å². The Bertz CT molecular complexity index is 1310. The highest BCUT2D eigenvalue weighted by molar-refractivity contribution is 5.75. The van der Waals surface area contributed by atoms with Crippen LogP contribution in [0, 0.1) is 5.82 Å². The van der Waals surface area contributed by atoms with Crippen LogP contribution in [0.3, 0.4) is 0 Å². The topological polar surface area (TPSA) is 60.1 Å². The Morgan fingerprint density at radius 3 is 2.66 bits per heavy atom. The second-order valence-corrected chi connectivity index (χ2v) is 6.49. The second kappa shape index (κ2) is 7.59. The highest BCUT2D eigenvalue weighted by atomic mass is 19.1. The Balaban J connectivity index is 1.72. The van der Waals surface area contributed by atoms with Gasteiger partial charge in [-0.15, -0.1) is 0 Å². The third kappa shape index (κ3) is 3.48. The summed E-state index contributed by atoms with van der Waals surface area (Å²) in [6.45, 7) is 7.43. The van der Waals surface area contributed by atoms with Gasteiger partial charge in [-0.2, -0.15) is 0 Å². The molecule has 0 unspecified atom stereocenters. The molecule has 2 aromatic heterocycles. The normalized spacial score (nSPS) is 10.8. The number of fused-ring (bicyclic) bond motifs is 1. The molecule has 0 fully saturated rings. The van der Waals surface area contributed by atoms with E-state index >= 15 is 0 Å². The molecule has 29 heavy (non-hydrogen) atoms. The van der Waals surface area contributed by atoms with Gasteiger partial charge in [-0.25, -0.2) is 9.37 Å². The van der Waals surface area contributed by atoms with Crippen molar-refractivity contribution in [1.82, 2.24) is 14.5 Å². The first-order valence-electron chi connectivity index (χ1n) is 8.92. The maximum absolute atomic E-state index is 14.9. The molecule has 0 aliphatic carbocycles. The minimum atomic E-state index is -0.389. The molecule has 0 N–H and O–H groups in total. The molecule has 0 atom stereocenters. The lowest BCUT2D eigenvalue weighted by Crippen LogP contribution is -2.21. The molecule has 6 heteroatoms. The number of pyridine rings is 1. The van der Waals surface area contributed by atoms with Gasteiger partial charge >= 0.3 is 0 Å². The molecule has 0 aliphatic heterocycles. The van der Waals surface area contributed by atoms with E-state index in [-0.39, 0.29) is 17.9 Å². The van der Waals surface area contributed by atoms with Gasteiger partial charge in [0.05, 0.1) is 30.1 Å². The van der Waals surface area contributed by atoms with Crippen molar-refractivity contribution in [3.8, 4) is 11.1 Å². The summed E-state index contributed by atoms with van der Waals surface area (Å²) in [5.41, 5.74) is 4.42. The predicted octanol–water partition coefficient (Wildman–Crippen LogP) is 4.62. The van der Waals surface area contributed by atoms with Gasteiger partial charge in [0.15, 0.2) is 0 Å². The van der Waals surface area contributed by atoms with Crippen molar-refractivity contribution in [3.05, 3.63) is 94.9 Å². The predicted molar refractivity (Wildman–Crippen MR) is 114 cm³/mol. The number of nitrogens with zero attached hydrogens (tertiary/aromatic N) is 4.